The van der Waals surface area contributed by atoms with Gasteiger partial charge < -0.3 is 15.3 Å². The molecule has 1 aromatic carbocycles. The second-order valence-corrected chi connectivity index (χ2v) is 5.12. The lowest BCUT2D eigenvalue weighted by molar-refractivity contribution is -0.147. The van der Waals surface area contributed by atoms with Gasteiger partial charge in [-0.3, -0.25) is 9.59 Å². The zero-order valence-electron chi connectivity index (χ0n) is 10.5. The van der Waals surface area contributed by atoms with Crippen LogP contribution >= 0.6 is 15.9 Å². The molecule has 6 nitrogen and oxygen atoms in total. The average molecular weight is 345 g/mol. The van der Waals surface area contributed by atoms with Gasteiger partial charge in [0.05, 0.1) is 11.2 Å². The van der Waals surface area contributed by atoms with Crippen LogP contribution in [-0.2, 0) is 20.8 Å². The number of aliphatic hydroxyl groups excluding tert-OH is 1. The van der Waals surface area contributed by atoms with Crippen LogP contribution in [0.25, 0.3) is 0 Å². The highest BCUT2D eigenvalue weighted by atomic mass is 79.9. The highest BCUT2D eigenvalue weighted by Gasteiger charge is 2.27. The molecule has 0 saturated heterocycles. The van der Waals surface area contributed by atoms with Crippen molar-refractivity contribution in [1.29, 1.82) is 0 Å². The molecular weight excluding hydrogens is 332 g/mol. The molecule has 20 heavy (non-hydrogen) atoms. The second-order valence-electron chi connectivity index (χ2n) is 4.20. The first kappa shape index (κ1) is 16.3. The highest BCUT2D eigenvalue weighted by molar-refractivity contribution is 9.09. The molecule has 0 aliphatic carbocycles. The van der Waals surface area contributed by atoms with Crippen molar-refractivity contribution in [2.45, 2.75) is 24.3 Å². The Hall–Kier alpha value is -1.73. The predicted octanol–water partition coefficient (Wildman–Crippen LogP) is 1.46. The van der Waals surface area contributed by atoms with E-state index in [0.717, 1.165) is 0 Å². The van der Waals surface area contributed by atoms with Crippen LogP contribution in [0, 0.1) is 0 Å². The number of carboxylic acid groups (broad SMARTS) is 2. The van der Waals surface area contributed by atoms with Crippen molar-refractivity contribution in [3.8, 4) is 0 Å². The SMILES string of the molecule is CC(=O)C(Br)c1c(CC(=O)O)cccc1C(O)C(=O)O. The number of carboxylic acids is 2. The molecule has 3 N–H and O–H groups in total. The summed E-state index contributed by atoms with van der Waals surface area (Å²) in [6.07, 6.45) is -2.19. The number of halogens is 1. The molecule has 0 heterocycles. The fraction of sp³-hybridized carbons (Fsp3) is 0.308. The summed E-state index contributed by atoms with van der Waals surface area (Å²) in [5.74, 6) is -2.90. The van der Waals surface area contributed by atoms with Gasteiger partial charge in [-0.15, -0.1) is 0 Å². The Labute approximate surface area is 123 Å². The summed E-state index contributed by atoms with van der Waals surface area (Å²) in [5, 5.41) is 27.4. The van der Waals surface area contributed by atoms with Crippen molar-refractivity contribution in [2.24, 2.45) is 0 Å². The number of aliphatic hydroxyl groups is 1. The number of hydrogen-bond donors (Lipinski definition) is 3. The van der Waals surface area contributed by atoms with Gasteiger partial charge in [0.1, 0.15) is 5.78 Å². The summed E-state index contributed by atoms with van der Waals surface area (Å²) < 4.78 is 0. The van der Waals surface area contributed by atoms with Crippen molar-refractivity contribution in [2.75, 3.05) is 0 Å². The van der Waals surface area contributed by atoms with Crippen molar-refractivity contribution in [1.82, 2.24) is 0 Å². The number of rotatable bonds is 6. The highest BCUT2D eigenvalue weighted by Crippen LogP contribution is 2.34. The normalized spacial score (nSPS) is 13.6. The third-order valence-corrected chi connectivity index (χ3v) is 3.81. The first-order chi connectivity index (χ1) is 9.25. The van der Waals surface area contributed by atoms with E-state index in [9.17, 15) is 19.5 Å². The van der Waals surface area contributed by atoms with Gasteiger partial charge in [-0.05, 0) is 23.6 Å². The zero-order chi connectivity index (χ0) is 15.4. The fourth-order valence-corrected chi connectivity index (χ4v) is 2.39. The Morgan fingerprint density at radius 3 is 2.30 bits per heavy atom. The summed E-state index contributed by atoms with van der Waals surface area (Å²) in [6.45, 7) is 1.29. The largest absolute Gasteiger partial charge is 0.481 e. The lowest BCUT2D eigenvalue weighted by atomic mass is 9.92. The minimum Gasteiger partial charge on any atom is -0.481 e. The maximum absolute atomic E-state index is 11.5. The minimum absolute atomic E-state index is 0.00771. The Bertz CT molecular complexity index is 554. The monoisotopic (exact) mass is 344 g/mol. The van der Waals surface area contributed by atoms with E-state index < -0.39 is 22.9 Å². The van der Waals surface area contributed by atoms with Crippen LogP contribution < -0.4 is 0 Å². The van der Waals surface area contributed by atoms with E-state index >= 15 is 0 Å². The van der Waals surface area contributed by atoms with Gasteiger partial charge in [-0.2, -0.15) is 0 Å². The van der Waals surface area contributed by atoms with Crippen LogP contribution in [-0.4, -0.2) is 33.0 Å². The third-order valence-electron chi connectivity index (χ3n) is 2.71. The van der Waals surface area contributed by atoms with Crippen LogP contribution in [0.15, 0.2) is 18.2 Å². The number of Topliss-reactive ketones (excluding diaryl/α,β-unsaturated/α-hetero) is 1. The lowest BCUT2D eigenvalue weighted by Gasteiger charge is -2.18. The van der Waals surface area contributed by atoms with E-state index in [1.54, 1.807) is 0 Å². The van der Waals surface area contributed by atoms with Crippen molar-refractivity contribution < 1.29 is 29.7 Å². The number of alkyl halides is 1. The molecule has 2 atom stereocenters. The van der Waals surface area contributed by atoms with Crippen LogP contribution in [0.4, 0.5) is 0 Å². The molecule has 0 fully saturated rings. The summed E-state index contributed by atoms with van der Waals surface area (Å²) in [7, 11) is 0. The topological polar surface area (TPSA) is 112 Å². The molecule has 108 valence electrons. The molecule has 0 radical (unpaired) electrons. The lowest BCUT2D eigenvalue weighted by Crippen LogP contribution is -2.17. The molecule has 0 saturated carbocycles. The van der Waals surface area contributed by atoms with Gasteiger partial charge in [0.2, 0.25) is 0 Å². The van der Waals surface area contributed by atoms with E-state index in [1.165, 1.54) is 25.1 Å². The number of hydrogen-bond acceptors (Lipinski definition) is 4. The third kappa shape index (κ3) is 3.64. The Balaban J connectivity index is 3.47. The smallest absolute Gasteiger partial charge is 0.337 e. The summed E-state index contributed by atoms with van der Waals surface area (Å²) in [4.78, 5) is 32.4. The standard InChI is InChI=1S/C13H13BrO6/c1-6(15)11(14)10-7(5-9(16)17)3-2-4-8(10)12(18)13(19)20/h2-4,11-12,18H,5H2,1H3,(H,16,17)(H,19,20). The fourth-order valence-electron chi connectivity index (χ4n) is 1.83. The molecule has 7 heteroatoms. The maximum atomic E-state index is 11.5. The first-order valence-electron chi connectivity index (χ1n) is 5.64. The van der Waals surface area contributed by atoms with E-state index in [2.05, 4.69) is 15.9 Å². The molecule has 0 bridgehead atoms. The van der Waals surface area contributed by atoms with Gasteiger partial charge in [0, 0.05) is 0 Å². The van der Waals surface area contributed by atoms with Gasteiger partial charge in [0.25, 0.3) is 0 Å². The number of ketones is 1. The summed E-state index contributed by atoms with van der Waals surface area (Å²) >= 11 is 3.11. The number of carbonyl (C=O) groups excluding carboxylic acids is 1. The van der Waals surface area contributed by atoms with Crippen LogP contribution in [0.5, 0.6) is 0 Å². The first-order valence-corrected chi connectivity index (χ1v) is 6.56. The van der Waals surface area contributed by atoms with E-state index in [-0.39, 0.29) is 28.9 Å². The Morgan fingerprint density at radius 1 is 1.25 bits per heavy atom. The number of carbonyl (C=O) groups is 3. The van der Waals surface area contributed by atoms with Crippen molar-refractivity contribution in [3.63, 3.8) is 0 Å². The predicted molar refractivity (Wildman–Crippen MR) is 72.7 cm³/mol. The van der Waals surface area contributed by atoms with E-state index in [4.69, 9.17) is 10.2 Å². The molecule has 1 aromatic rings. The molecule has 1 rings (SSSR count). The molecule has 0 aliphatic heterocycles. The van der Waals surface area contributed by atoms with E-state index in [1.807, 2.05) is 0 Å². The maximum Gasteiger partial charge on any atom is 0.337 e. The average Bonchev–Trinajstić information content (AvgIpc) is 2.35. The Morgan fingerprint density at radius 2 is 1.85 bits per heavy atom. The van der Waals surface area contributed by atoms with Gasteiger partial charge in [-0.1, -0.05) is 34.1 Å². The number of aliphatic carboxylic acids is 2. The van der Waals surface area contributed by atoms with Crippen molar-refractivity contribution in [3.05, 3.63) is 34.9 Å². The summed E-state index contributed by atoms with van der Waals surface area (Å²) in [6, 6.07) is 4.29. The van der Waals surface area contributed by atoms with Crippen LogP contribution in [0.2, 0.25) is 0 Å². The molecule has 0 aliphatic rings. The zero-order valence-corrected chi connectivity index (χ0v) is 12.1. The van der Waals surface area contributed by atoms with E-state index in [0.29, 0.717) is 0 Å². The van der Waals surface area contributed by atoms with Gasteiger partial charge >= 0.3 is 11.9 Å². The molecule has 2 unspecified atom stereocenters. The molecule has 0 aromatic heterocycles. The second kappa shape index (κ2) is 6.62. The minimum atomic E-state index is -1.82. The summed E-state index contributed by atoms with van der Waals surface area (Å²) in [5.41, 5.74) is 0.484. The van der Waals surface area contributed by atoms with Crippen LogP contribution in [0.3, 0.4) is 0 Å². The molecule has 0 amide bonds. The van der Waals surface area contributed by atoms with Gasteiger partial charge in [0.15, 0.2) is 6.10 Å². The molecular formula is C13H13BrO6. The van der Waals surface area contributed by atoms with Crippen LogP contribution in [0.1, 0.15) is 34.5 Å². The van der Waals surface area contributed by atoms with Gasteiger partial charge in [-0.25, -0.2) is 4.79 Å². The van der Waals surface area contributed by atoms with Crippen molar-refractivity contribution >= 4 is 33.7 Å². The Kier molecular flexibility index (Phi) is 5.41. The molecule has 0 spiro atoms. The quantitative estimate of drug-likeness (QED) is 0.673. The number of benzene rings is 1.